The lowest BCUT2D eigenvalue weighted by molar-refractivity contribution is 0.557. The van der Waals surface area contributed by atoms with Gasteiger partial charge in [0.05, 0.1) is 0 Å². The summed E-state index contributed by atoms with van der Waals surface area (Å²) in [7, 11) is 0. The van der Waals surface area contributed by atoms with Crippen LogP contribution < -0.4 is 0 Å². The van der Waals surface area contributed by atoms with E-state index in [4.69, 9.17) is 8.83 Å². The number of nitrogens with zero attached hydrogens (tertiary/aromatic N) is 2. The van der Waals surface area contributed by atoms with Crippen molar-refractivity contribution in [3.05, 3.63) is 72.3 Å². The van der Waals surface area contributed by atoms with Gasteiger partial charge in [-0.25, -0.2) is 0 Å². The third kappa shape index (κ3) is 2.42. The molecule has 0 spiro atoms. The van der Waals surface area contributed by atoms with Gasteiger partial charge >= 0.3 is 0 Å². The number of hydrogen-bond acceptors (Lipinski definition) is 4. The van der Waals surface area contributed by atoms with Crippen LogP contribution in [0.5, 0.6) is 0 Å². The van der Waals surface area contributed by atoms with Gasteiger partial charge < -0.3 is 8.83 Å². The van der Waals surface area contributed by atoms with E-state index in [1.807, 2.05) is 66.7 Å². The molecule has 4 aromatic rings. The third-order valence-corrected chi connectivity index (χ3v) is 3.30. The minimum absolute atomic E-state index is 0.444. The van der Waals surface area contributed by atoms with Crippen molar-refractivity contribution < 1.29 is 8.83 Å². The Morgan fingerprint density at radius 1 is 0.773 bits per heavy atom. The summed E-state index contributed by atoms with van der Waals surface area (Å²) < 4.78 is 11.3. The number of fused-ring (bicyclic) bond motifs is 1. The van der Waals surface area contributed by atoms with Gasteiger partial charge in [0.15, 0.2) is 0 Å². The largest absolute Gasteiger partial charge is 0.457 e. The highest BCUT2D eigenvalue weighted by Crippen LogP contribution is 2.21. The number of hydrogen-bond donors (Lipinski definition) is 0. The summed E-state index contributed by atoms with van der Waals surface area (Å²) in [6, 6.07) is 19.5. The molecule has 4 nitrogen and oxygen atoms in total. The van der Waals surface area contributed by atoms with E-state index in [1.165, 1.54) is 0 Å². The molecule has 4 rings (SSSR count). The molecule has 0 amide bonds. The van der Waals surface area contributed by atoms with Gasteiger partial charge in [-0.05, 0) is 30.3 Å². The molecule has 0 unspecified atom stereocenters. The average Bonchev–Trinajstić information content (AvgIpc) is 3.20. The first-order valence-electron chi connectivity index (χ1n) is 6.94. The molecule has 0 N–H and O–H groups in total. The first-order chi connectivity index (χ1) is 10.9. The third-order valence-electron chi connectivity index (χ3n) is 3.30. The Balaban J connectivity index is 1.59. The van der Waals surface area contributed by atoms with Crippen LogP contribution in [-0.4, -0.2) is 10.2 Å². The van der Waals surface area contributed by atoms with Gasteiger partial charge in [0, 0.05) is 17.0 Å². The van der Waals surface area contributed by atoms with Gasteiger partial charge in [-0.3, -0.25) is 0 Å². The molecular weight excluding hydrogens is 276 g/mol. The molecule has 0 atom stereocenters. The Morgan fingerprint density at radius 3 is 2.45 bits per heavy atom. The highest BCUT2D eigenvalue weighted by Gasteiger charge is 2.06. The Kier molecular flexibility index (Phi) is 3.05. The predicted octanol–water partition coefficient (Wildman–Crippen LogP) is 4.65. The highest BCUT2D eigenvalue weighted by molar-refractivity contribution is 5.81. The molecule has 22 heavy (non-hydrogen) atoms. The molecule has 0 saturated heterocycles. The van der Waals surface area contributed by atoms with E-state index in [2.05, 4.69) is 10.2 Å². The number of benzene rings is 2. The van der Waals surface area contributed by atoms with Crippen LogP contribution in [0.4, 0.5) is 0 Å². The number of furan rings is 1. The molecule has 2 aromatic carbocycles. The fraction of sp³-hybridized carbons (Fsp3) is 0. The lowest BCUT2D eigenvalue weighted by Gasteiger charge is -1.90. The van der Waals surface area contributed by atoms with Crippen LogP contribution in [-0.2, 0) is 0 Å². The maximum Gasteiger partial charge on any atom is 0.248 e. The summed E-state index contributed by atoms with van der Waals surface area (Å²) in [6.07, 6.45) is 3.57. The van der Waals surface area contributed by atoms with Crippen molar-refractivity contribution in [1.29, 1.82) is 0 Å². The SMILES string of the molecule is C(=C\c1nnc(-c2ccccc2)o1)/c1cc2ccccc2o1. The Labute approximate surface area is 126 Å². The van der Waals surface area contributed by atoms with E-state index in [1.54, 1.807) is 6.08 Å². The van der Waals surface area contributed by atoms with Crippen LogP contribution in [0.1, 0.15) is 11.7 Å². The summed E-state index contributed by atoms with van der Waals surface area (Å²) in [6.45, 7) is 0. The fourth-order valence-electron chi connectivity index (χ4n) is 2.24. The van der Waals surface area contributed by atoms with Crippen molar-refractivity contribution in [2.75, 3.05) is 0 Å². The molecule has 0 aliphatic rings. The molecule has 106 valence electrons. The van der Waals surface area contributed by atoms with Gasteiger partial charge in [-0.1, -0.05) is 36.4 Å². The second-order valence-corrected chi connectivity index (χ2v) is 4.83. The van der Waals surface area contributed by atoms with Gasteiger partial charge in [-0.15, -0.1) is 10.2 Å². The van der Waals surface area contributed by atoms with Crippen LogP contribution in [0.25, 0.3) is 34.6 Å². The molecule has 2 heterocycles. The molecule has 0 aliphatic heterocycles. The molecular formula is C18H12N2O2. The number of aromatic nitrogens is 2. The normalized spacial score (nSPS) is 11.5. The highest BCUT2D eigenvalue weighted by atomic mass is 16.4. The van der Waals surface area contributed by atoms with E-state index in [9.17, 15) is 0 Å². The second kappa shape index (κ2) is 5.33. The summed E-state index contributed by atoms with van der Waals surface area (Å²) >= 11 is 0. The van der Waals surface area contributed by atoms with E-state index in [0.717, 1.165) is 22.3 Å². The smallest absolute Gasteiger partial charge is 0.248 e. The minimum Gasteiger partial charge on any atom is -0.457 e. The summed E-state index contributed by atoms with van der Waals surface area (Å²) in [4.78, 5) is 0. The Hall–Kier alpha value is -3.14. The van der Waals surface area contributed by atoms with E-state index < -0.39 is 0 Å². The van der Waals surface area contributed by atoms with Crippen LogP contribution in [0.15, 0.2) is 69.5 Å². The first-order valence-corrected chi connectivity index (χ1v) is 6.94. The van der Waals surface area contributed by atoms with Gasteiger partial charge in [0.1, 0.15) is 11.3 Å². The molecule has 0 bridgehead atoms. The van der Waals surface area contributed by atoms with Crippen molar-refractivity contribution >= 4 is 23.1 Å². The zero-order valence-corrected chi connectivity index (χ0v) is 11.6. The fourth-order valence-corrected chi connectivity index (χ4v) is 2.24. The average molecular weight is 288 g/mol. The summed E-state index contributed by atoms with van der Waals surface area (Å²) in [5.74, 6) is 1.70. The molecule has 2 aromatic heterocycles. The van der Waals surface area contributed by atoms with Crippen molar-refractivity contribution in [2.24, 2.45) is 0 Å². The van der Waals surface area contributed by atoms with Gasteiger partial charge in [0.2, 0.25) is 11.8 Å². The number of rotatable bonds is 3. The standard InChI is InChI=1S/C18H12N2O2/c1-2-6-13(7-3-1)18-20-19-17(22-18)11-10-15-12-14-8-4-5-9-16(14)21-15/h1-12H/b11-10+. The van der Waals surface area contributed by atoms with Crippen molar-refractivity contribution in [1.82, 2.24) is 10.2 Å². The van der Waals surface area contributed by atoms with Crippen molar-refractivity contribution in [2.45, 2.75) is 0 Å². The molecule has 0 aliphatic carbocycles. The molecule has 0 fully saturated rings. The lowest BCUT2D eigenvalue weighted by Crippen LogP contribution is -1.75. The zero-order valence-electron chi connectivity index (χ0n) is 11.6. The lowest BCUT2D eigenvalue weighted by atomic mass is 10.2. The second-order valence-electron chi connectivity index (χ2n) is 4.83. The topological polar surface area (TPSA) is 52.1 Å². The van der Waals surface area contributed by atoms with E-state index in [-0.39, 0.29) is 0 Å². The van der Waals surface area contributed by atoms with E-state index >= 15 is 0 Å². The van der Waals surface area contributed by atoms with Crippen LogP contribution in [0, 0.1) is 0 Å². The minimum atomic E-state index is 0.444. The summed E-state index contributed by atoms with van der Waals surface area (Å²) in [5, 5.41) is 9.13. The quantitative estimate of drug-likeness (QED) is 0.550. The van der Waals surface area contributed by atoms with Crippen molar-refractivity contribution in [3.8, 4) is 11.5 Å². The van der Waals surface area contributed by atoms with Crippen LogP contribution in [0.2, 0.25) is 0 Å². The molecule has 4 heteroatoms. The first kappa shape index (κ1) is 12.6. The molecule has 0 radical (unpaired) electrons. The number of para-hydroxylation sites is 1. The Morgan fingerprint density at radius 2 is 1.59 bits per heavy atom. The predicted molar refractivity (Wildman–Crippen MR) is 84.9 cm³/mol. The van der Waals surface area contributed by atoms with Crippen LogP contribution >= 0.6 is 0 Å². The van der Waals surface area contributed by atoms with E-state index in [0.29, 0.717) is 11.8 Å². The maximum atomic E-state index is 5.70. The van der Waals surface area contributed by atoms with Gasteiger partial charge in [0.25, 0.3) is 0 Å². The maximum absolute atomic E-state index is 5.70. The monoisotopic (exact) mass is 288 g/mol. The van der Waals surface area contributed by atoms with Crippen LogP contribution in [0.3, 0.4) is 0 Å². The Bertz CT molecular complexity index is 903. The van der Waals surface area contributed by atoms with Gasteiger partial charge in [-0.2, -0.15) is 0 Å². The summed E-state index contributed by atoms with van der Waals surface area (Å²) in [5.41, 5.74) is 1.76. The molecule has 0 saturated carbocycles. The van der Waals surface area contributed by atoms with Crippen molar-refractivity contribution in [3.63, 3.8) is 0 Å². The zero-order chi connectivity index (χ0) is 14.8.